The van der Waals surface area contributed by atoms with Crippen LogP contribution in [0.4, 0.5) is 0 Å². The highest BCUT2D eigenvalue weighted by atomic mass is 28.3. The van der Waals surface area contributed by atoms with Crippen LogP contribution in [0, 0.1) is 0 Å². The molecule has 4 rings (SSSR count). The van der Waals surface area contributed by atoms with E-state index in [-0.39, 0.29) is 15.1 Å². The smallest absolute Gasteiger partial charge is 0.177 e. The van der Waals surface area contributed by atoms with Gasteiger partial charge in [0.1, 0.15) is 11.5 Å². The zero-order chi connectivity index (χ0) is 32.5. The molecule has 0 fully saturated rings. The van der Waals surface area contributed by atoms with Crippen molar-refractivity contribution < 1.29 is 9.47 Å². The Kier molecular flexibility index (Phi) is 10.3. The summed E-state index contributed by atoms with van der Waals surface area (Å²) in [6.45, 7) is 24.0. The van der Waals surface area contributed by atoms with Gasteiger partial charge in [-0.15, -0.1) is 0 Å². The topological polar surface area (TPSA) is 45.7 Å². The van der Waals surface area contributed by atoms with E-state index in [0.29, 0.717) is 0 Å². The average molecular weight is 607 g/mol. The number of aromatic amines is 1. The van der Waals surface area contributed by atoms with Gasteiger partial charge in [0.05, 0.1) is 14.2 Å². The molecule has 6 nitrogen and oxygen atoms in total. The molecule has 0 spiro atoms. The molecule has 0 saturated heterocycles. The summed E-state index contributed by atoms with van der Waals surface area (Å²) in [6.07, 6.45) is 4.53. The third-order valence-electron chi connectivity index (χ3n) is 8.66. The summed E-state index contributed by atoms with van der Waals surface area (Å²) in [7, 11) is 9.72. The summed E-state index contributed by atoms with van der Waals surface area (Å²) in [5.41, 5.74) is 5.17. The molecule has 0 aliphatic carbocycles. The first-order chi connectivity index (χ1) is 19.8. The highest BCUT2D eigenvalue weighted by Gasteiger charge is 2.62. The first kappa shape index (κ1) is 34.7. The Labute approximate surface area is 262 Å². The lowest BCUT2D eigenvalue weighted by Gasteiger charge is -2.59. The van der Waals surface area contributed by atoms with Gasteiger partial charge in [-0.2, -0.15) is 0 Å². The quantitative estimate of drug-likeness (QED) is 0.213. The van der Waals surface area contributed by atoms with Crippen LogP contribution < -0.4 is 9.47 Å². The third kappa shape index (κ3) is 6.84. The summed E-state index contributed by atoms with van der Waals surface area (Å²) in [6, 6.07) is 12.7. The number of nitrogens with zero attached hydrogens (tertiary/aromatic N) is 3. The second kappa shape index (κ2) is 12.7. The van der Waals surface area contributed by atoms with E-state index in [1.165, 1.54) is 27.4 Å². The van der Waals surface area contributed by atoms with Crippen molar-refractivity contribution in [2.45, 2.75) is 90.5 Å². The monoisotopic (exact) mass is 606 g/mol. The van der Waals surface area contributed by atoms with Crippen molar-refractivity contribution >= 4 is 30.0 Å². The van der Waals surface area contributed by atoms with Crippen LogP contribution in [0.5, 0.6) is 11.5 Å². The van der Waals surface area contributed by atoms with Crippen LogP contribution in [-0.2, 0) is 13.1 Å². The fraction of sp³-hybridized carbons (Fsp3) is 0.556. The lowest BCUT2D eigenvalue weighted by molar-refractivity contribution is 0.403. The molecule has 0 saturated carbocycles. The molecular weight excluding hydrogens is 549 g/mol. The number of methoxy groups -OCH3 is 2. The van der Waals surface area contributed by atoms with Crippen LogP contribution in [-0.4, -0.2) is 69.7 Å². The third-order valence-corrected chi connectivity index (χ3v) is 16.3. The summed E-state index contributed by atoms with van der Waals surface area (Å²) in [5, 5.41) is 3.14. The molecular formula is C36H58N4O2Si. The second-order valence-electron chi connectivity index (χ2n) is 15.6. The minimum atomic E-state index is -2.16. The van der Waals surface area contributed by atoms with E-state index in [2.05, 4.69) is 146 Å². The molecule has 2 heterocycles. The molecule has 0 aliphatic rings. The minimum absolute atomic E-state index is 0.175. The predicted octanol–water partition coefficient (Wildman–Crippen LogP) is 9.14. The van der Waals surface area contributed by atoms with Gasteiger partial charge < -0.3 is 28.5 Å². The highest BCUT2D eigenvalue weighted by Crippen LogP contribution is 2.63. The van der Waals surface area contributed by atoms with E-state index >= 15 is 0 Å². The summed E-state index contributed by atoms with van der Waals surface area (Å²) in [4.78, 5) is 7.68. The van der Waals surface area contributed by atoms with E-state index in [4.69, 9.17) is 9.47 Å². The highest BCUT2D eigenvalue weighted by molar-refractivity contribution is 6.86. The van der Waals surface area contributed by atoms with Crippen LogP contribution in [0.1, 0.15) is 73.4 Å². The van der Waals surface area contributed by atoms with Crippen LogP contribution in [0.2, 0.25) is 15.1 Å². The van der Waals surface area contributed by atoms with Crippen molar-refractivity contribution in [3.8, 4) is 11.5 Å². The Hall–Kier alpha value is -2.74. The van der Waals surface area contributed by atoms with Gasteiger partial charge in [0, 0.05) is 59.4 Å². The van der Waals surface area contributed by atoms with Gasteiger partial charge in [0.15, 0.2) is 8.24 Å². The van der Waals surface area contributed by atoms with Crippen molar-refractivity contribution in [2.24, 2.45) is 0 Å². The Morgan fingerprint density at radius 3 is 1.60 bits per heavy atom. The maximum absolute atomic E-state index is 5.63. The van der Waals surface area contributed by atoms with Crippen LogP contribution in [0.15, 0.2) is 48.8 Å². The molecule has 0 unspecified atom stereocenters. The number of hydrogen-bond acceptors (Lipinski definition) is 4. The summed E-state index contributed by atoms with van der Waals surface area (Å²) < 4.78 is 13.5. The molecule has 0 bridgehead atoms. The van der Waals surface area contributed by atoms with Crippen molar-refractivity contribution in [3.63, 3.8) is 0 Å². The van der Waals surface area contributed by atoms with Gasteiger partial charge in [-0.05, 0) is 78.7 Å². The first-order valence-electron chi connectivity index (χ1n) is 15.4. The normalized spacial score (nSPS) is 13.1. The Bertz CT molecular complexity index is 1470. The Morgan fingerprint density at radius 2 is 1.14 bits per heavy atom. The molecule has 43 heavy (non-hydrogen) atoms. The van der Waals surface area contributed by atoms with Crippen LogP contribution in [0.25, 0.3) is 21.8 Å². The maximum atomic E-state index is 5.63. The minimum Gasteiger partial charge on any atom is -0.497 e. The zero-order valence-corrected chi connectivity index (χ0v) is 30.7. The number of fused-ring (bicyclic) bond motifs is 2. The number of ether oxygens (including phenoxy) is 2. The molecule has 2 aromatic heterocycles. The number of H-pyrrole nitrogens is 1. The van der Waals surface area contributed by atoms with E-state index in [0.717, 1.165) is 30.1 Å². The van der Waals surface area contributed by atoms with E-state index in [9.17, 15) is 0 Å². The number of benzene rings is 2. The Balaban J connectivity index is 0.000000282. The van der Waals surface area contributed by atoms with Crippen LogP contribution in [0.3, 0.4) is 0 Å². The molecule has 4 aromatic rings. The van der Waals surface area contributed by atoms with Gasteiger partial charge in [0.2, 0.25) is 0 Å². The van der Waals surface area contributed by atoms with Gasteiger partial charge in [-0.1, -0.05) is 62.3 Å². The number of rotatable bonds is 7. The molecule has 7 heteroatoms. The number of aromatic nitrogens is 2. The summed E-state index contributed by atoms with van der Waals surface area (Å²) in [5.74, 6) is 1.82. The molecule has 0 aliphatic heterocycles. The standard InChI is InChI=1S/C24H42N2OSi.C12H16N2O/c1-22(2,3)28(23(4,5)6,24(7,8)9)26-17-18(16-25(10)11)20-14-13-19(27-12)15-21(20)26;1-14(2)8-9-7-13-12-6-10(15-3)4-5-11(9)12/h13-15,17H,16H2,1-12H3;4-7,13H,8H2,1-3H3. The molecule has 2 aromatic carbocycles. The molecule has 238 valence electrons. The van der Waals surface area contributed by atoms with E-state index in [1.807, 2.05) is 12.1 Å². The number of nitrogens with one attached hydrogen (secondary N) is 1. The largest absolute Gasteiger partial charge is 0.497 e. The molecule has 0 radical (unpaired) electrons. The number of hydrogen-bond donors (Lipinski definition) is 1. The Morgan fingerprint density at radius 1 is 0.674 bits per heavy atom. The van der Waals surface area contributed by atoms with E-state index in [1.54, 1.807) is 14.2 Å². The maximum Gasteiger partial charge on any atom is 0.177 e. The lowest BCUT2D eigenvalue weighted by Crippen LogP contribution is -2.63. The fourth-order valence-electron chi connectivity index (χ4n) is 8.37. The fourth-order valence-corrected chi connectivity index (χ4v) is 18.2. The van der Waals surface area contributed by atoms with Crippen LogP contribution >= 0.6 is 0 Å². The van der Waals surface area contributed by atoms with Crippen molar-refractivity contribution in [1.82, 2.24) is 19.0 Å². The van der Waals surface area contributed by atoms with Gasteiger partial charge in [-0.3, -0.25) is 0 Å². The zero-order valence-electron chi connectivity index (χ0n) is 29.7. The predicted molar refractivity (Wildman–Crippen MR) is 188 cm³/mol. The van der Waals surface area contributed by atoms with Gasteiger partial charge >= 0.3 is 0 Å². The average Bonchev–Trinajstić information content (AvgIpc) is 3.41. The first-order valence-corrected chi connectivity index (χ1v) is 17.3. The van der Waals surface area contributed by atoms with Crippen molar-refractivity contribution in [1.29, 1.82) is 0 Å². The van der Waals surface area contributed by atoms with Crippen molar-refractivity contribution in [3.05, 3.63) is 59.9 Å². The van der Waals surface area contributed by atoms with Gasteiger partial charge in [0.25, 0.3) is 0 Å². The lowest BCUT2D eigenvalue weighted by atomic mass is 10.1. The molecule has 0 atom stereocenters. The summed E-state index contributed by atoms with van der Waals surface area (Å²) >= 11 is 0. The molecule has 0 amide bonds. The molecule has 1 N–H and O–H groups in total. The SMILES string of the molecule is COc1ccc2c(CN(C)C)c[nH]c2c1.COc1ccc2c(CN(C)C)cn([Si](C(C)(C)C)(C(C)(C)C)C(C)(C)C)c2c1. The second-order valence-corrected chi connectivity index (χ2v) is 22.0. The van der Waals surface area contributed by atoms with Gasteiger partial charge in [-0.25, -0.2) is 0 Å². The van der Waals surface area contributed by atoms with E-state index < -0.39 is 8.24 Å². The van der Waals surface area contributed by atoms with Crippen molar-refractivity contribution in [2.75, 3.05) is 42.4 Å².